The van der Waals surface area contributed by atoms with Crippen molar-refractivity contribution < 1.29 is 0 Å². The quantitative estimate of drug-likeness (QED) is 0.884. The summed E-state index contributed by atoms with van der Waals surface area (Å²) in [6.07, 6.45) is 0. The number of nitrogens with one attached hydrogen (secondary N) is 1. The number of thiophene rings is 1. The summed E-state index contributed by atoms with van der Waals surface area (Å²) < 4.78 is 0. The maximum atomic E-state index is 4.60. The molecular formula is C11H14N2S2. The van der Waals surface area contributed by atoms with Gasteiger partial charge in [0.1, 0.15) is 5.01 Å². The highest BCUT2D eigenvalue weighted by Crippen LogP contribution is 2.28. The third kappa shape index (κ3) is 2.65. The lowest BCUT2D eigenvalue weighted by molar-refractivity contribution is 0.723. The van der Waals surface area contributed by atoms with Crippen molar-refractivity contribution in [1.29, 1.82) is 0 Å². The molecule has 2 heterocycles. The Balaban J connectivity index is 2.13. The minimum absolute atomic E-state index is 0.880. The summed E-state index contributed by atoms with van der Waals surface area (Å²) in [5, 5.41) is 6.59. The average Bonchev–Trinajstić information content (AvgIpc) is 2.83. The summed E-state index contributed by atoms with van der Waals surface area (Å²) in [6, 6.07) is 4.29. The molecule has 2 aromatic rings. The van der Waals surface area contributed by atoms with Crippen LogP contribution >= 0.6 is 22.7 Å². The molecule has 0 saturated carbocycles. The highest BCUT2D eigenvalue weighted by atomic mass is 32.1. The van der Waals surface area contributed by atoms with Gasteiger partial charge in [0.15, 0.2) is 0 Å². The van der Waals surface area contributed by atoms with Crippen molar-refractivity contribution in [2.75, 3.05) is 6.54 Å². The van der Waals surface area contributed by atoms with Crippen molar-refractivity contribution in [3.63, 3.8) is 0 Å². The Labute approximate surface area is 98.0 Å². The maximum Gasteiger partial charge on any atom is 0.107 e. The average molecular weight is 238 g/mol. The fourth-order valence-corrected chi connectivity index (χ4v) is 2.98. The lowest BCUT2D eigenvalue weighted by atomic mass is 10.4. The van der Waals surface area contributed by atoms with Gasteiger partial charge in [-0.1, -0.05) is 6.92 Å². The predicted molar refractivity (Wildman–Crippen MR) is 67.5 cm³/mol. The molecule has 0 fully saturated rings. The summed E-state index contributed by atoms with van der Waals surface area (Å²) >= 11 is 3.53. The van der Waals surface area contributed by atoms with E-state index in [1.54, 1.807) is 22.7 Å². The van der Waals surface area contributed by atoms with E-state index in [9.17, 15) is 0 Å². The van der Waals surface area contributed by atoms with Crippen molar-refractivity contribution in [3.05, 3.63) is 27.4 Å². The first-order chi connectivity index (χ1) is 7.29. The molecule has 0 aliphatic rings. The molecule has 4 heteroatoms. The van der Waals surface area contributed by atoms with Crippen molar-refractivity contribution in [3.8, 4) is 10.6 Å². The van der Waals surface area contributed by atoms with Crippen LogP contribution in [0.5, 0.6) is 0 Å². The van der Waals surface area contributed by atoms with Crippen LogP contribution in [0.1, 0.15) is 16.8 Å². The summed E-state index contributed by atoms with van der Waals surface area (Å²) in [5.74, 6) is 0. The number of hydrogen-bond donors (Lipinski definition) is 1. The molecule has 0 amide bonds. The fraction of sp³-hybridized carbons (Fsp3) is 0.364. The van der Waals surface area contributed by atoms with Crippen LogP contribution in [0.2, 0.25) is 0 Å². The second-order valence-electron chi connectivity index (χ2n) is 3.32. The number of aromatic nitrogens is 1. The standard InChI is InChI=1S/C11H14N2S2/c1-3-12-6-11-13-9(7-14-11)10-5-4-8(2)15-10/h4-5,7,12H,3,6H2,1-2H3. The highest BCUT2D eigenvalue weighted by molar-refractivity contribution is 7.16. The Morgan fingerprint density at radius 1 is 1.40 bits per heavy atom. The molecule has 15 heavy (non-hydrogen) atoms. The summed E-state index contributed by atoms with van der Waals surface area (Å²) in [5.41, 5.74) is 1.12. The van der Waals surface area contributed by atoms with E-state index in [2.05, 4.69) is 41.7 Å². The molecule has 0 bridgehead atoms. The number of nitrogens with zero attached hydrogens (tertiary/aromatic N) is 1. The third-order valence-corrected chi connectivity index (χ3v) is 3.94. The van der Waals surface area contributed by atoms with Gasteiger partial charge in [0.2, 0.25) is 0 Å². The van der Waals surface area contributed by atoms with E-state index in [-0.39, 0.29) is 0 Å². The molecule has 0 aliphatic carbocycles. The van der Waals surface area contributed by atoms with Gasteiger partial charge in [-0.15, -0.1) is 22.7 Å². The van der Waals surface area contributed by atoms with Crippen LogP contribution in [-0.2, 0) is 6.54 Å². The van der Waals surface area contributed by atoms with Crippen molar-refractivity contribution in [2.24, 2.45) is 0 Å². The molecule has 2 nitrogen and oxygen atoms in total. The molecule has 0 aliphatic heterocycles. The van der Waals surface area contributed by atoms with E-state index in [0.29, 0.717) is 0 Å². The van der Waals surface area contributed by atoms with Crippen LogP contribution in [0.4, 0.5) is 0 Å². The van der Waals surface area contributed by atoms with Gasteiger partial charge in [0.05, 0.1) is 10.6 Å². The second-order valence-corrected chi connectivity index (χ2v) is 5.55. The molecule has 2 aromatic heterocycles. The van der Waals surface area contributed by atoms with Gasteiger partial charge in [-0.3, -0.25) is 0 Å². The Morgan fingerprint density at radius 2 is 2.27 bits per heavy atom. The second kappa shape index (κ2) is 4.88. The van der Waals surface area contributed by atoms with E-state index in [4.69, 9.17) is 0 Å². The Bertz CT molecular complexity index is 431. The number of rotatable bonds is 4. The van der Waals surface area contributed by atoms with Crippen LogP contribution < -0.4 is 5.32 Å². The van der Waals surface area contributed by atoms with E-state index in [1.165, 1.54) is 9.75 Å². The monoisotopic (exact) mass is 238 g/mol. The number of aryl methyl sites for hydroxylation is 1. The SMILES string of the molecule is CCNCc1nc(-c2ccc(C)s2)cs1. The van der Waals surface area contributed by atoms with Crippen molar-refractivity contribution in [2.45, 2.75) is 20.4 Å². The number of thiazole rings is 1. The van der Waals surface area contributed by atoms with E-state index >= 15 is 0 Å². The zero-order chi connectivity index (χ0) is 10.7. The van der Waals surface area contributed by atoms with Crippen LogP contribution in [0.15, 0.2) is 17.5 Å². The van der Waals surface area contributed by atoms with Gasteiger partial charge >= 0.3 is 0 Å². The Morgan fingerprint density at radius 3 is 2.93 bits per heavy atom. The molecule has 0 radical (unpaired) electrons. The van der Waals surface area contributed by atoms with Crippen LogP contribution in [0.25, 0.3) is 10.6 Å². The minimum atomic E-state index is 0.880. The lowest BCUT2D eigenvalue weighted by Gasteiger charge is -1.94. The van der Waals surface area contributed by atoms with Crippen LogP contribution in [-0.4, -0.2) is 11.5 Å². The molecule has 0 atom stereocenters. The zero-order valence-corrected chi connectivity index (χ0v) is 10.5. The highest BCUT2D eigenvalue weighted by Gasteiger charge is 2.05. The smallest absolute Gasteiger partial charge is 0.107 e. The maximum absolute atomic E-state index is 4.60. The summed E-state index contributed by atoms with van der Waals surface area (Å²) in [7, 11) is 0. The normalized spacial score (nSPS) is 10.8. The molecule has 80 valence electrons. The van der Waals surface area contributed by atoms with Gasteiger partial charge in [-0.25, -0.2) is 4.98 Å². The van der Waals surface area contributed by atoms with Crippen LogP contribution in [0, 0.1) is 6.92 Å². The Hall–Kier alpha value is -0.710. The molecular weight excluding hydrogens is 224 g/mol. The summed E-state index contributed by atoms with van der Waals surface area (Å²) in [6.45, 7) is 6.11. The van der Waals surface area contributed by atoms with Gasteiger partial charge in [0, 0.05) is 16.8 Å². The first-order valence-electron chi connectivity index (χ1n) is 5.01. The minimum Gasteiger partial charge on any atom is -0.311 e. The fourth-order valence-electron chi connectivity index (χ4n) is 1.31. The molecule has 0 spiro atoms. The van der Waals surface area contributed by atoms with Gasteiger partial charge in [-0.05, 0) is 25.6 Å². The largest absolute Gasteiger partial charge is 0.311 e. The molecule has 0 unspecified atom stereocenters. The number of hydrogen-bond acceptors (Lipinski definition) is 4. The third-order valence-electron chi connectivity index (χ3n) is 2.07. The zero-order valence-electron chi connectivity index (χ0n) is 8.91. The van der Waals surface area contributed by atoms with Gasteiger partial charge in [-0.2, -0.15) is 0 Å². The molecule has 1 N–H and O–H groups in total. The summed E-state index contributed by atoms with van der Waals surface area (Å²) in [4.78, 5) is 7.21. The molecule has 0 saturated heterocycles. The van der Waals surface area contributed by atoms with E-state index < -0.39 is 0 Å². The lowest BCUT2D eigenvalue weighted by Crippen LogP contribution is -2.11. The molecule has 0 aromatic carbocycles. The van der Waals surface area contributed by atoms with Crippen molar-refractivity contribution in [1.82, 2.24) is 10.3 Å². The first-order valence-corrected chi connectivity index (χ1v) is 6.71. The van der Waals surface area contributed by atoms with Crippen LogP contribution in [0.3, 0.4) is 0 Å². The van der Waals surface area contributed by atoms with Crippen molar-refractivity contribution >= 4 is 22.7 Å². The molecule has 2 rings (SSSR count). The van der Waals surface area contributed by atoms with E-state index in [0.717, 1.165) is 23.8 Å². The van der Waals surface area contributed by atoms with Gasteiger partial charge in [0.25, 0.3) is 0 Å². The first kappa shape index (κ1) is 10.8. The Kier molecular flexibility index (Phi) is 3.51. The predicted octanol–water partition coefficient (Wildman–Crippen LogP) is 3.29. The van der Waals surface area contributed by atoms with E-state index in [1.807, 2.05) is 0 Å². The van der Waals surface area contributed by atoms with Gasteiger partial charge < -0.3 is 5.32 Å². The topological polar surface area (TPSA) is 24.9 Å².